The summed E-state index contributed by atoms with van der Waals surface area (Å²) in [5.74, 6) is 1.34. The Balaban J connectivity index is 1.22. The molecular formula is C30H36N4O. The van der Waals surface area contributed by atoms with E-state index in [1.54, 1.807) is 0 Å². The second-order valence-corrected chi connectivity index (χ2v) is 10.6. The number of nitriles is 1. The molecule has 2 heterocycles. The Labute approximate surface area is 210 Å². The molecule has 0 bridgehead atoms. The lowest BCUT2D eigenvalue weighted by molar-refractivity contribution is 0.0157. The minimum absolute atomic E-state index is 0.186. The second-order valence-electron chi connectivity index (χ2n) is 10.6. The van der Waals surface area contributed by atoms with Gasteiger partial charge in [0.2, 0.25) is 0 Å². The fraction of sp³-hybridized carbons (Fsp3) is 0.533. The smallest absolute Gasteiger partial charge is 0.265 e. The van der Waals surface area contributed by atoms with Crippen LogP contribution in [0.3, 0.4) is 0 Å². The van der Waals surface area contributed by atoms with Gasteiger partial charge < -0.3 is 19.4 Å². The van der Waals surface area contributed by atoms with E-state index in [0.717, 1.165) is 64.8 Å². The molecule has 2 saturated heterocycles. The summed E-state index contributed by atoms with van der Waals surface area (Å²) in [5.41, 5.74) is 2.65. The normalized spacial score (nSPS) is 25.4. The molecule has 5 heteroatoms. The maximum Gasteiger partial charge on any atom is 0.265 e. The van der Waals surface area contributed by atoms with Crippen molar-refractivity contribution in [1.82, 2.24) is 4.90 Å². The van der Waals surface area contributed by atoms with Gasteiger partial charge in [-0.3, -0.25) is 0 Å². The Morgan fingerprint density at radius 1 is 1.03 bits per heavy atom. The molecule has 2 aliphatic heterocycles. The van der Waals surface area contributed by atoms with Crippen LogP contribution in [-0.4, -0.2) is 50.8 Å². The molecule has 2 aromatic rings. The Hall–Kier alpha value is -2.86. The number of hydrogen-bond donors (Lipinski definition) is 0. The van der Waals surface area contributed by atoms with Gasteiger partial charge in [-0.15, -0.1) is 0 Å². The summed E-state index contributed by atoms with van der Waals surface area (Å²) in [5, 5.41) is 9.01. The molecule has 1 saturated carbocycles. The van der Waals surface area contributed by atoms with Gasteiger partial charge in [0.25, 0.3) is 5.54 Å². The molecule has 2 aromatic carbocycles. The highest BCUT2D eigenvalue weighted by atomic mass is 16.5. The van der Waals surface area contributed by atoms with Crippen LogP contribution in [0.4, 0.5) is 5.69 Å². The molecule has 0 radical (unpaired) electrons. The predicted molar refractivity (Wildman–Crippen MR) is 139 cm³/mol. The first-order valence-corrected chi connectivity index (χ1v) is 13.1. The molecule has 182 valence electrons. The van der Waals surface area contributed by atoms with Crippen LogP contribution < -0.4 is 4.90 Å². The maximum atomic E-state index is 9.01. The van der Waals surface area contributed by atoms with Crippen LogP contribution in [0, 0.1) is 35.7 Å². The van der Waals surface area contributed by atoms with Crippen LogP contribution >= 0.6 is 0 Å². The number of nitrogens with zero attached hydrogens (tertiary/aromatic N) is 4. The molecule has 0 aromatic heterocycles. The van der Waals surface area contributed by atoms with Gasteiger partial charge in [0.1, 0.15) is 0 Å². The molecular weight excluding hydrogens is 432 g/mol. The third-order valence-electron chi connectivity index (χ3n) is 8.79. The molecule has 0 unspecified atom stereocenters. The quantitative estimate of drug-likeness (QED) is 0.515. The summed E-state index contributed by atoms with van der Waals surface area (Å²) >= 11 is 0. The Morgan fingerprint density at radius 3 is 2.37 bits per heavy atom. The molecule has 1 aliphatic carbocycles. The first kappa shape index (κ1) is 23.9. The van der Waals surface area contributed by atoms with E-state index >= 15 is 0 Å². The van der Waals surface area contributed by atoms with E-state index in [-0.39, 0.29) is 12.0 Å². The van der Waals surface area contributed by atoms with Gasteiger partial charge in [0.05, 0.1) is 23.7 Å². The third-order valence-corrected chi connectivity index (χ3v) is 8.79. The van der Waals surface area contributed by atoms with Crippen molar-refractivity contribution in [2.45, 2.75) is 43.7 Å². The van der Waals surface area contributed by atoms with Crippen molar-refractivity contribution in [2.24, 2.45) is 17.8 Å². The second kappa shape index (κ2) is 10.4. The molecule has 3 atom stereocenters. The zero-order valence-electron chi connectivity index (χ0n) is 20.8. The number of methoxy groups -OCH3 is 1. The van der Waals surface area contributed by atoms with Crippen molar-refractivity contribution in [3.63, 3.8) is 0 Å². The van der Waals surface area contributed by atoms with Crippen LogP contribution in [0.5, 0.6) is 0 Å². The fourth-order valence-electron chi connectivity index (χ4n) is 6.97. The standard InChI is InChI=1S/C30H36N4O/c1-32-30(25-7-4-3-5-8-25,28-9-6-10-29(28)35-2)26-15-17-33(18-16-26)20-24-21-34(22-24)27-13-11-23(19-31)12-14-27/h3-5,7-8,11-14,24,26,28-29H,6,9-10,15-18,20-22H2,2H3/t28-,29-,30-/m0/s1. The number of likely N-dealkylation sites (tertiary alicyclic amines) is 1. The number of piperidine rings is 1. The van der Waals surface area contributed by atoms with E-state index in [0.29, 0.717) is 17.4 Å². The number of ether oxygens (including phenoxy) is 1. The minimum Gasteiger partial charge on any atom is -0.381 e. The van der Waals surface area contributed by atoms with E-state index in [1.807, 2.05) is 19.2 Å². The van der Waals surface area contributed by atoms with Crippen molar-refractivity contribution >= 4 is 5.69 Å². The molecule has 5 nitrogen and oxygen atoms in total. The van der Waals surface area contributed by atoms with Crippen LogP contribution in [0.15, 0.2) is 54.6 Å². The summed E-state index contributed by atoms with van der Waals surface area (Å²) in [7, 11) is 1.82. The number of anilines is 1. The van der Waals surface area contributed by atoms with E-state index in [4.69, 9.17) is 16.6 Å². The van der Waals surface area contributed by atoms with Crippen LogP contribution in [0.25, 0.3) is 4.85 Å². The van der Waals surface area contributed by atoms with Gasteiger partial charge in [-0.1, -0.05) is 36.8 Å². The largest absolute Gasteiger partial charge is 0.381 e. The maximum absolute atomic E-state index is 9.01. The van der Waals surface area contributed by atoms with Crippen LogP contribution in [0.2, 0.25) is 0 Å². The SMILES string of the molecule is [C-]#[N+][C@@](c1ccccc1)(C1CCN(CC2CN(c3ccc(C#N)cc3)C2)CC1)[C@H]1CCC[C@@H]1OC. The highest BCUT2D eigenvalue weighted by molar-refractivity contribution is 5.51. The molecule has 35 heavy (non-hydrogen) atoms. The van der Waals surface area contributed by atoms with Crippen molar-refractivity contribution in [3.05, 3.63) is 77.1 Å². The van der Waals surface area contributed by atoms with Crippen molar-refractivity contribution < 1.29 is 4.74 Å². The molecule has 3 fully saturated rings. The van der Waals surface area contributed by atoms with Crippen LogP contribution in [-0.2, 0) is 10.3 Å². The number of hydrogen-bond acceptors (Lipinski definition) is 4. The van der Waals surface area contributed by atoms with E-state index in [9.17, 15) is 0 Å². The average molecular weight is 469 g/mol. The van der Waals surface area contributed by atoms with Gasteiger partial charge in [0, 0.05) is 49.8 Å². The molecule has 5 rings (SSSR count). The van der Waals surface area contributed by atoms with Gasteiger partial charge in [-0.25, -0.2) is 6.57 Å². The topological polar surface area (TPSA) is 43.9 Å². The Morgan fingerprint density at radius 2 is 1.74 bits per heavy atom. The minimum atomic E-state index is -0.479. The highest BCUT2D eigenvalue weighted by Crippen LogP contribution is 2.52. The first-order valence-electron chi connectivity index (χ1n) is 13.1. The van der Waals surface area contributed by atoms with E-state index in [2.05, 4.69) is 63.2 Å². The number of benzene rings is 2. The molecule has 0 amide bonds. The van der Waals surface area contributed by atoms with Gasteiger partial charge >= 0.3 is 0 Å². The monoisotopic (exact) mass is 468 g/mol. The summed E-state index contributed by atoms with van der Waals surface area (Å²) in [6.07, 6.45) is 5.66. The molecule has 0 N–H and O–H groups in total. The first-order chi connectivity index (χ1) is 17.2. The van der Waals surface area contributed by atoms with Crippen molar-refractivity contribution in [1.29, 1.82) is 5.26 Å². The van der Waals surface area contributed by atoms with E-state index in [1.165, 1.54) is 11.3 Å². The van der Waals surface area contributed by atoms with Crippen molar-refractivity contribution in [2.75, 3.05) is 44.7 Å². The van der Waals surface area contributed by atoms with E-state index < -0.39 is 5.54 Å². The predicted octanol–water partition coefficient (Wildman–Crippen LogP) is 5.34. The van der Waals surface area contributed by atoms with Gasteiger partial charge in [-0.2, -0.15) is 5.26 Å². The van der Waals surface area contributed by atoms with Gasteiger partial charge in [0.15, 0.2) is 0 Å². The van der Waals surface area contributed by atoms with Crippen molar-refractivity contribution in [3.8, 4) is 6.07 Å². The lowest BCUT2D eigenvalue weighted by Crippen LogP contribution is -2.54. The summed E-state index contributed by atoms with van der Waals surface area (Å²) < 4.78 is 5.92. The zero-order valence-corrected chi connectivity index (χ0v) is 20.8. The average Bonchev–Trinajstić information content (AvgIpc) is 3.38. The lowest BCUT2D eigenvalue weighted by Gasteiger charge is -2.46. The third kappa shape index (κ3) is 4.56. The summed E-state index contributed by atoms with van der Waals surface area (Å²) in [6, 6.07) is 20.7. The summed E-state index contributed by atoms with van der Waals surface area (Å²) in [4.78, 5) is 9.52. The van der Waals surface area contributed by atoms with Gasteiger partial charge in [-0.05, 0) is 63.0 Å². The van der Waals surface area contributed by atoms with Crippen LogP contribution in [0.1, 0.15) is 43.2 Å². The Bertz CT molecular complexity index is 1060. The molecule has 0 spiro atoms. The lowest BCUT2D eigenvalue weighted by atomic mass is 9.65. The summed E-state index contributed by atoms with van der Waals surface area (Å²) in [6.45, 7) is 13.9. The highest BCUT2D eigenvalue weighted by Gasteiger charge is 2.57. The number of rotatable bonds is 7. The molecule has 3 aliphatic rings. The zero-order chi connectivity index (χ0) is 24.3. The fourth-order valence-corrected chi connectivity index (χ4v) is 6.97. The Kier molecular flexibility index (Phi) is 7.09.